The maximum absolute atomic E-state index is 10.3. The molecule has 74 valence electrons. The van der Waals surface area contributed by atoms with Gasteiger partial charge in [0.25, 0.3) is 0 Å². The van der Waals surface area contributed by atoms with Gasteiger partial charge in [-0.1, -0.05) is 30.3 Å². The lowest BCUT2D eigenvalue weighted by molar-refractivity contribution is -0.131. The Morgan fingerprint density at radius 2 is 2.07 bits per heavy atom. The number of carboxylic acid groups (broad SMARTS) is 1. The molecule has 0 aliphatic carbocycles. The van der Waals surface area contributed by atoms with Crippen molar-refractivity contribution < 1.29 is 9.90 Å². The fourth-order valence-electron chi connectivity index (χ4n) is 1.07. The molecule has 0 aliphatic heterocycles. The molecule has 3 nitrogen and oxygen atoms in total. The highest BCUT2D eigenvalue weighted by Crippen LogP contribution is 1.98. The minimum atomic E-state index is -0.928. The van der Waals surface area contributed by atoms with Crippen molar-refractivity contribution in [1.82, 2.24) is 5.32 Å². The minimum absolute atomic E-state index is 0.649. The Bertz CT molecular complexity index is 330. The first-order valence-electron chi connectivity index (χ1n) is 4.37. The summed E-state index contributed by atoms with van der Waals surface area (Å²) in [6.07, 6.45) is 1.16. The summed E-state index contributed by atoms with van der Waals surface area (Å²) in [6.45, 7) is 2.38. The predicted molar refractivity (Wildman–Crippen MR) is 54.7 cm³/mol. The standard InChI is InChI=1S/C11H13NO2/c1-9(7-11(13)14)12-8-10-5-3-2-4-6-10/h2-7,12H,8H2,1H3,(H,13,14). The highest BCUT2D eigenvalue weighted by molar-refractivity contribution is 5.80. The van der Waals surface area contributed by atoms with E-state index in [0.29, 0.717) is 12.2 Å². The molecule has 0 saturated carbocycles. The van der Waals surface area contributed by atoms with Crippen LogP contribution in [0.25, 0.3) is 0 Å². The molecule has 0 amide bonds. The first kappa shape index (κ1) is 10.3. The molecule has 0 aromatic heterocycles. The predicted octanol–water partition coefficient (Wildman–Crippen LogP) is 1.76. The van der Waals surface area contributed by atoms with Crippen molar-refractivity contribution in [2.45, 2.75) is 13.5 Å². The van der Waals surface area contributed by atoms with Crippen LogP contribution in [0.3, 0.4) is 0 Å². The minimum Gasteiger partial charge on any atom is -0.478 e. The van der Waals surface area contributed by atoms with E-state index in [0.717, 1.165) is 11.6 Å². The van der Waals surface area contributed by atoms with Crippen molar-refractivity contribution in [3.8, 4) is 0 Å². The Morgan fingerprint density at radius 1 is 1.43 bits per heavy atom. The second-order valence-electron chi connectivity index (χ2n) is 3.00. The number of hydrogen-bond acceptors (Lipinski definition) is 2. The third kappa shape index (κ3) is 3.76. The number of aliphatic carboxylic acids is 1. The van der Waals surface area contributed by atoms with Gasteiger partial charge >= 0.3 is 5.97 Å². The zero-order valence-electron chi connectivity index (χ0n) is 8.03. The molecule has 0 saturated heterocycles. The molecule has 1 aromatic rings. The molecule has 0 radical (unpaired) electrons. The Balaban J connectivity index is 2.45. The van der Waals surface area contributed by atoms with Crippen LogP contribution >= 0.6 is 0 Å². The molecule has 0 bridgehead atoms. The van der Waals surface area contributed by atoms with Gasteiger partial charge in [0.05, 0.1) is 0 Å². The van der Waals surface area contributed by atoms with Crippen molar-refractivity contribution in [1.29, 1.82) is 0 Å². The number of benzene rings is 1. The highest BCUT2D eigenvalue weighted by Gasteiger charge is 1.94. The van der Waals surface area contributed by atoms with E-state index in [2.05, 4.69) is 5.32 Å². The summed E-state index contributed by atoms with van der Waals surface area (Å²) in [5.41, 5.74) is 1.78. The van der Waals surface area contributed by atoms with E-state index < -0.39 is 5.97 Å². The molecule has 0 spiro atoms. The maximum Gasteiger partial charge on any atom is 0.330 e. The van der Waals surface area contributed by atoms with Gasteiger partial charge in [-0.2, -0.15) is 0 Å². The summed E-state index contributed by atoms with van der Waals surface area (Å²) in [7, 11) is 0. The Morgan fingerprint density at radius 3 is 2.64 bits per heavy atom. The lowest BCUT2D eigenvalue weighted by Crippen LogP contribution is -2.11. The second-order valence-corrected chi connectivity index (χ2v) is 3.00. The lowest BCUT2D eigenvalue weighted by Gasteiger charge is -2.05. The summed E-state index contributed by atoms with van der Waals surface area (Å²) >= 11 is 0. The Hall–Kier alpha value is -1.77. The summed E-state index contributed by atoms with van der Waals surface area (Å²) in [5.74, 6) is -0.928. The molecule has 1 aromatic carbocycles. The van der Waals surface area contributed by atoms with Crippen LogP contribution in [0.1, 0.15) is 12.5 Å². The molecule has 0 aliphatic rings. The van der Waals surface area contributed by atoms with Crippen molar-refractivity contribution in [2.75, 3.05) is 0 Å². The molecule has 0 unspecified atom stereocenters. The van der Waals surface area contributed by atoms with Crippen LogP contribution in [0.2, 0.25) is 0 Å². The van der Waals surface area contributed by atoms with Crippen molar-refractivity contribution in [2.24, 2.45) is 0 Å². The maximum atomic E-state index is 10.3. The van der Waals surface area contributed by atoms with Gasteiger partial charge < -0.3 is 10.4 Å². The summed E-state index contributed by atoms with van der Waals surface area (Å²) in [4.78, 5) is 10.3. The smallest absolute Gasteiger partial charge is 0.330 e. The molecule has 1 rings (SSSR count). The lowest BCUT2D eigenvalue weighted by atomic mass is 10.2. The normalized spacial score (nSPS) is 11.1. The van der Waals surface area contributed by atoms with Gasteiger partial charge in [-0.3, -0.25) is 0 Å². The number of rotatable bonds is 4. The van der Waals surface area contributed by atoms with Crippen molar-refractivity contribution in [3.63, 3.8) is 0 Å². The van der Waals surface area contributed by atoms with Crippen LogP contribution < -0.4 is 5.32 Å². The van der Waals surface area contributed by atoms with E-state index in [9.17, 15) is 4.79 Å². The molecular formula is C11H13NO2. The number of allylic oxidation sites excluding steroid dienone is 1. The quantitative estimate of drug-likeness (QED) is 0.713. The average molecular weight is 191 g/mol. The van der Waals surface area contributed by atoms with Crippen LogP contribution in [-0.2, 0) is 11.3 Å². The van der Waals surface area contributed by atoms with E-state index in [4.69, 9.17) is 5.11 Å². The van der Waals surface area contributed by atoms with E-state index in [-0.39, 0.29) is 0 Å². The Labute approximate surface area is 83.1 Å². The number of hydrogen-bond donors (Lipinski definition) is 2. The monoisotopic (exact) mass is 191 g/mol. The van der Waals surface area contributed by atoms with Gasteiger partial charge in [-0.25, -0.2) is 4.79 Å². The summed E-state index contributed by atoms with van der Waals surface area (Å²) in [5, 5.41) is 11.5. The molecular weight excluding hydrogens is 178 g/mol. The van der Waals surface area contributed by atoms with Gasteiger partial charge in [0, 0.05) is 18.3 Å². The zero-order valence-corrected chi connectivity index (χ0v) is 8.03. The average Bonchev–Trinajstić information content (AvgIpc) is 2.15. The van der Waals surface area contributed by atoms with Gasteiger partial charge in [0.15, 0.2) is 0 Å². The molecule has 0 atom stereocenters. The van der Waals surface area contributed by atoms with Gasteiger partial charge in [-0.15, -0.1) is 0 Å². The van der Waals surface area contributed by atoms with E-state index in [1.807, 2.05) is 30.3 Å². The topological polar surface area (TPSA) is 49.3 Å². The van der Waals surface area contributed by atoms with Crippen LogP contribution in [0.5, 0.6) is 0 Å². The fourth-order valence-corrected chi connectivity index (χ4v) is 1.07. The Kier molecular flexibility index (Phi) is 3.73. The third-order valence-electron chi connectivity index (χ3n) is 1.75. The van der Waals surface area contributed by atoms with E-state index in [1.165, 1.54) is 0 Å². The molecule has 0 heterocycles. The van der Waals surface area contributed by atoms with Gasteiger partial charge in [0.2, 0.25) is 0 Å². The molecule has 0 fully saturated rings. The first-order valence-corrected chi connectivity index (χ1v) is 4.37. The SMILES string of the molecule is CC(=CC(=O)O)NCc1ccccc1. The van der Waals surface area contributed by atoms with Gasteiger partial charge in [0.1, 0.15) is 0 Å². The number of carboxylic acids is 1. The summed E-state index contributed by atoms with van der Waals surface area (Å²) in [6, 6.07) is 9.83. The third-order valence-corrected chi connectivity index (χ3v) is 1.75. The first-order chi connectivity index (χ1) is 6.68. The number of nitrogens with one attached hydrogen (secondary N) is 1. The highest BCUT2D eigenvalue weighted by atomic mass is 16.4. The largest absolute Gasteiger partial charge is 0.478 e. The number of carbonyl (C=O) groups is 1. The molecule has 3 heteroatoms. The van der Waals surface area contributed by atoms with Crippen molar-refractivity contribution >= 4 is 5.97 Å². The van der Waals surface area contributed by atoms with E-state index in [1.54, 1.807) is 6.92 Å². The molecule has 14 heavy (non-hydrogen) atoms. The second kappa shape index (κ2) is 5.07. The zero-order chi connectivity index (χ0) is 10.4. The van der Waals surface area contributed by atoms with Crippen LogP contribution in [0, 0.1) is 0 Å². The van der Waals surface area contributed by atoms with Crippen LogP contribution in [-0.4, -0.2) is 11.1 Å². The fraction of sp³-hybridized carbons (Fsp3) is 0.182. The van der Waals surface area contributed by atoms with E-state index >= 15 is 0 Å². The van der Waals surface area contributed by atoms with Crippen LogP contribution in [0.15, 0.2) is 42.1 Å². The van der Waals surface area contributed by atoms with Crippen LogP contribution in [0.4, 0.5) is 0 Å². The molecule has 2 N–H and O–H groups in total. The van der Waals surface area contributed by atoms with Crippen molar-refractivity contribution in [3.05, 3.63) is 47.7 Å². The van der Waals surface area contributed by atoms with Gasteiger partial charge in [-0.05, 0) is 12.5 Å². The summed E-state index contributed by atoms with van der Waals surface area (Å²) < 4.78 is 0.